The van der Waals surface area contributed by atoms with Crippen LogP contribution < -0.4 is 25.0 Å². The summed E-state index contributed by atoms with van der Waals surface area (Å²) in [5.74, 6) is 1.75. The van der Waals surface area contributed by atoms with E-state index in [4.69, 9.17) is 14.3 Å². The number of carbonyl (C=O) groups is 2. The van der Waals surface area contributed by atoms with E-state index in [0.29, 0.717) is 18.1 Å². The fraction of sp³-hybridized carbons (Fsp3) is 0.375. The van der Waals surface area contributed by atoms with E-state index in [9.17, 15) is 4.79 Å². The molecule has 2 N–H and O–H groups in total. The summed E-state index contributed by atoms with van der Waals surface area (Å²) in [6, 6.07) is 13.3. The third-order valence-corrected chi connectivity index (χ3v) is 6.39. The number of aromatic nitrogens is 2. The third kappa shape index (κ3) is 11.7. The number of aryl methyl sites for hydroxylation is 1. The molecule has 1 aliphatic rings. The number of hydrogen-bond acceptors (Lipinski definition) is 11. The molecule has 43 heavy (non-hydrogen) atoms. The SMILES string of the molecule is C=CC=O.CNc1cc(Nc2nccc(OC3CN(C)C3)n2)c(OC)cc1N(C)CCN(C)C.Cc1ccc(C=O)cc1. The van der Waals surface area contributed by atoms with Gasteiger partial charge < -0.3 is 29.9 Å². The zero-order valence-corrected chi connectivity index (χ0v) is 26.3. The van der Waals surface area contributed by atoms with Gasteiger partial charge in [-0.1, -0.05) is 36.4 Å². The molecule has 0 spiro atoms. The van der Waals surface area contributed by atoms with Gasteiger partial charge in [-0.3, -0.25) is 14.5 Å². The number of likely N-dealkylation sites (tertiary alicyclic amines) is 1. The lowest BCUT2D eigenvalue weighted by atomic mass is 10.2. The Labute approximate surface area is 255 Å². The van der Waals surface area contributed by atoms with Crippen molar-refractivity contribution >= 4 is 35.6 Å². The van der Waals surface area contributed by atoms with Crippen LogP contribution in [0.3, 0.4) is 0 Å². The topological polar surface area (TPSA) is 112 Å². The lowest BCUT2D eigenvalue weighted by molar-refractivity contribution is -0.104. The van der Waals surface area contributed by atoms with Crippen molar-refractivity contribution in [1.29, 1.82) is 0 Å². The Morgan fingerprint density at radius 1 is 1.07 bits per heavy atom. The predicted octanol–water partition coefficient (Wildman–Crippen LogP) is 4.14. The van der Waals surface area contributed by atoms with Crippen LogP contribution in [0.25, 0.3) is 0 Å². The van der Waals surface area contributed by atoms with E-state index < -0.39 is 0 Å². The number of benzene rings is 2. The van der Waals surface area contributed by atoms with Gasteiger partial charge in [0, 0.05) is 64.2 Å². The first-order chi connectivity index (χ1) is 20.6. The number of anilines is 4. The van der Waals surface area contributed by atoms with Crippen LogP contribution in [0.2, 0.25) is 0 Å². The van der Waals surface area contributed by atoms with Crippen LogP contribution in [-0.4, -0.2) is 107 Å². The van der Waals surface area contributed by atoms with E-state index in [-0.39, 0.29) is 6.10 Å². The summed E-state index contributed by atoms with van der Waals surface area (Å²) in [6.07, 6.45) is 4.56. The second-order valence-electron chi connectivity index (χ2n) is 10.2. The first kappa shape index (κ1) is 34.7. The molecule has 11 nitrogen and oxygen atoms in total. The lowest BCUT2D eigenvalue weighted by Gasteiger charge is -2.35. The van der Waals surface area contributed by atoms with Gasteiger partial charge in [-0.2, -0.15) is 4.98 Å². The number of rotatable bonds is 12. The van der Waals surface area contributed by atoms with Crippen molar-refractivity contribution in [1.82, 2.24) is 19.8 Å². The highest BCUT2D eigenvalue weighted by atomic mass is 16.5. The Hall–Kier alpha value is -4.48. The van der Waals surface area contributed by atoms with Gasteiger partial charge in [0.25, 0.3) is 0 Å². The molecule has 4 rings (SSSR count). The van der Waals surface area contributed by atoms with Crippen molar-refractivity contribution < 1.29 is 19.1 Å². The van der Waals surface area contributed by atoms with Gasteiger partial charge in [0.2, 0.25) is 11.8 Å². The maximum absolute atomic E-state index is 10.1. The molecule has 1 aromatic heterocycles. The number of hydrogen-bond donors (Lipinski definition) is 2. The van der Waals surface area contributed by atoms with E-state index in [1.54, 1.807) is 19.4 Å². The van der Waals surface area contributed by atoms with Gasteiger partial charge in [0.05, 0.1) is 24.2 Å². The van der Waals surface area contributed by atoms with Crippen molar-refractivity contribution in [2.45, 2.75) is 13.0 Å². The number of ether oxygens (including phenoxy) is 2. The Morgan fingerprint density at radius 2 is 1.74 bits per heavy atom. The monoisotopic (exact) mass is 591 g/mol. The zero-order chi connectivity index (χ0) is 31.8. The molecule has 1 fully saturated rings. The molecule has 0 radical (unpaired) electrons. The molecule has 0 unspecified atom stereocenters. The fourth-order valence-electron chi connectivity index (χ4n) is 3.94. The smallest absolute Gasteiger partial charge is 0.230 e. The number of carbonyl (C=O) groups excluding carboxylic acids is 2. The molecule has 0 amide bonds. The van der Waals surface area contributed by atoms with Crippen LogP contribution in [0.15, 0.2) is 61.3 Å². The van der Waals surface area contributed by atoms with Crippen LogP contribution in [0.5, 0.6) is 11.6 Å². The van der Waals surface area contributed by atoms with E-state index in [1.807, 2.05) is 50.4 Å². The summed E-state index contributed by atoms with van der Waals surface area (Å²) in [5, 5.41) is 6.55. The van der Waals surface area contributed by atoms with Crippen LogP contribution in [0.4, 0.5) is 23.0 Å². The van der Waals surface area contributed by atoms with E-state index in [0.717, 1.165) is 60.8 Å². The van der Waals surface area contributed by atoms with Gasteiger partial charge in [0.1, 0.15) is 24.4 Å². The van der Waals surface area contributed by atoms with E-state index >= 15 is 0 Å². The molecular weight excluding hydrogens is 546 g/mol. The maximum Gasteiger partial charge on any atom is 0.230 e. The van der Waals surface area contributed by atoms with Crippen molar-refractivity contribution in [2.75, 3.05) is 84.1 Å². The maximum atomic E-state index is 10.1. The highest BCUT2D eigenvalue weighted by Gasteiger charge is 2.25. The Bertz CT molecular complexity index is 1290. The fourth-order valence-corrected chi connectivity index (χ4v) is 3.94. The van der Waals surface area contributed by atoms with Crippen LogP contribution in [0.1, 0.15) is 15.9 Å². The first-order valence-electron chi connectivity index (χ1n) is 13.9. The molecule has 0 saturated carbocycles. The predicted molar refractivity (Wildman–Crippen MR) is 174 cm³/mol. The molecule has 232 valence electrons. The highest BCUT2D eigenvalue weighted by molar-refractivity contribution is 5.80. The second kappa shape index (κ2) is 18.1. The quantitative estimate of drug-likeness (QED) is 0.234. The third-order valence-electron chi connectivity index (χ3n) is 6.39. The largest absolute Gasteiger partial charge is 0.494 e. The molecule has 1 saturated heterocycles. The van der Waals surface area contributed by atoms with Gasteiger partial charge in [-0.05, 0) is 40.2 Å². The number of likely N-dealkylation sites (N-methyl/N-ethyl adjacent to an activating group) is 3. The summed E-state index contributed by atoms with van der Waals surface area (Å²) in [4.78, 5) is 34.6. The molecule has 0 atom stereocenters. The summed E-state index contributed by atoms with van der Waals surface area (Å²) in [7, 11) is 11.9. The summed E-state index contributed by atoms with van der Waals surface area (Å²) in [6.45, 7) is 8.79. The van der Waals surface area contributed by atoms with Gasteiger partial charge >= 0.3 is 0 Å². The number of aldehydes is 2. The minimum atomic E-state index is 0.181. The first-order valence-corrected chi connectivity index (χ1v) is 13.9. The minimum Gasteiger partial charge on any atom is -0.494 e. The lowest BCUT2D eigenvalue weighted by Crippen LogP contribution is -2.51. The number of allylic oxidation sites excluding steroid dienone is 1. The van der Waals surface area contributed by atoms with Crippen LogP contribution in [-0.2, 0) is 4.79 Å². The molecule has 2 aromatic carbocycles. The summed E-state index contributed by atoms with van der Waals surface area (Å²) >= 11 is 0. The molecular formula is C32H45N7O4. The minimum absolute atomic E-state index is 0.181. The Kier molecular flexibility index (Phi) is 14.6. The van der Waals surface area contributed by atoms with Crippen LogP contribution in [0, 0.1) is 6.92 Å². The molecule has 3 aromatic rings. The molecule has 11 heteroatoms. The standard InChI is InChI=1S/C21H33N7O2.C8H8O.C3H4O/c1-22-16-11-17(19(29-6)12-18(16)28(5)10-9-26(2)3)24-21-23-8-7-20(25-21)30-15-13-27(4)14-15;1-7-2-4-8(6-9)5-3-7;1-2-3-4/h7-8,11-12,15,22H,9-10,13-14H2,1-6H3,(H,23,24,25);2-6H,1H3;2-3H,1H2. The Morgan fingerprint density at radius 3 is 2.28 bits per heavy atom. The normalized spacial score (nSPS) is 12.4. The van der Waals surface area contributed by atoms with E-state index in [1.165, 1.54) is 11.6 Å². The molecule has 2 heterocycles. The van der Waals surface area contributed by atoms with Crippen molar-refractivity contribution in [3.05, 3.63) is 72.4 Å². The van der Waals surface area contributed by atoms with Gasteiger partial charge in [-0.15, -0.1) is 0 Å². The number of nitrogens with one attached hydrogen (secondary N) is 2. The molecule has 1 aliphatic heterocycles. The van der Waals surface area contributed by atoms with Gasteiger partial charge in [0.15, 0.2) is 0 Å². The molecule has 0 bridgehead atoms. The summed E-state index contributed by atoms with van der Waals surface area (Å²) < 4.78 is 11.6. The average Bonchev–Trinajstić information content (AvgIpc) is 3.00. The van der Waals surface area contributed by atoms with E-state index in [2.05, 4.69) is 70.1 Å². The summed E-state index contributed by atoms with van der Waals surface area (Å²) in [5.41, 5.74) is 4.76. The van der Waals surface area contributed by atoms with Crippen molar-refractivity contribution in [2.24, 2.45) is 0 Å². The van der Waals surface area contributed by atoms with Crippen molar-refractivity contribution in [3.63, 3.8) is 0 Å². The Balaban J connectivity index is 0.000000411. The second-order valence-corrected chi connectivity index (χ2v) is 10.2. The highest BCUT2D eigenvalue weighted by Crippen LogP contribution is 2.37. The zero-order valence-electron chi connectivity index (χ0n) is 26.3. The van der Waals surface area contributed by atoms with Crippen molar-refractivity contribution in [3.8, 4) is 11.6 Å². The number of nitrogens with zero attached hydrogens (tertiary/aromatic N) is 5. The number of methoxy groups -OCH3 is 1. The van der Waals surface area contributed by atoms with Gasteiger partial charge in [-0.25, -0.2) is 4.98 Å². The van der Waals surface area contributed by atoms with Crippen LogP contribution >= 0.6 is 0 Å². The molecule has 0 aliphatic carbocycles. The average molecular weight is 592 g/mol.